The molecule has 3 aromatic rings. The van der Waals surface area contributed by atoms with E-state index in [-0.39, 0.29) is 49.3 Å². The molecule has 1 saturated carbocycles. The lowest BCUT2D eigenvalue weighted by Crippen LogP contribution is -2.24. The van der Waals surface area contributed by atoms with Gasteiger partial charge < -0.3 is 19.9 Å². The van der Waals surface area contributed by atoms with Gasteiger partial charge in [0.2, 0.25) is 0 Å². The average molecular weight is 608 g/mol. The first-order chi connectivity index (χ1) is 19.0. The molecule has 0 saturated heterocycles. The molecule has 4 rings (SSSR count). The zero-order chi connectivity index (χ0) is 29.1. The number of hydrogen-bond acceptors (Lipinski definition) is 6. The van der Waals surface area contributed by atoms with Crippen LogP contribution in [-0.2, 0) is 20.2 Å². The Labute approximate surface area is 242 Å². The van der Waals surface area contributed by atoms with Crippen LogP contribution in [0.5, 0.6) is 17.2 Å². The van der Waals surface area contributed by atoms with Crippen LogP contribution in [0.3, 0.4) is 0 Å². The Balaban J connectivity index is 1.71. The number of rotatable bonds is 12. The average Bonchev–Trinajstić information content (AvgIpc) is 3.72. The Morgan fingerprint density at radius 3 is 2.35 bits per heavy atom. The van der Waals surface area contributed by atoms with Gasteiger partial charge in [-0.1, -0.05) is 42.6 Å². The number of halogens is 2. The maximum atomic E-state index is 13.3. The van der Waals surface area contributed by atoms with Crippen molar-refractivity contribution in [3.8, 4) is 17.2 Å². The van der Waals surface area contributed by atoms with Crippen LogP contribution in [0.1, 0.15) is 48.5 Å². The van der Waals surface area contributed by atoms with Crippen molar-refractivity contribution in [2.75, 3.05) is 18.4 Å². The summed E-state index contributed by atoms with van der Waals surface area (Å²) >= 11 is 12.1. The van der Waals surface area contributed by atoms with Crippen molar-refractivity contribution in [1.29, 1.82) is 0 Å². The number of carbonyl (C=O) groups is 2. The van der Waals surface area contributed by atoms with E-state index in [1.54, 1.807) is 18.2 Å². The summed E-state index contributed by atoms with van der Waals surface area (Å²) in [6.45, 7) is 2.47. The fourth-order valence-electron chi connectivity index (χ4n) is 4.13. The zero-order valence-electron chi connectivity index (χ0n) is 21.8. The molecule has 0 aromatic heterocycles. The van der Waals surface area contributed by atoms with Gasteiger partial charge >= 0.3 is 5.97 Å². The van der Waals surface area contributed by atoms with Crippen LogP contribution in [0.2, 0.25) is 10.0 Å². The van der Waals surface area contributed by atoms with Gasteiger partial charge in [0.1, 0.15) is 4.90 Å². The third-order valence-electron chi connectivity index (χ3n) is 6.58. The number of aliphatic carboxylic acids is 1. The molecule has 0 spiro atoms. The number of anilines is 1. The molecule has 0 unspecified atom stereocenters. The highest BCUT2D eigenvalue weighted by Crippen LogP contribution is 2.50. The minimum atomic E-state index is -4.23. The van der Waals surface area contributed by atoms with Gasteiger partial charge in [0.15, 0.2) is 17.2 Å². The van der Waals surface area contributed by atoms with Crippen LogP contribution in [0.4, 0.5) is 5.69 Å². The molecule has 0 radical (unpaired) electrons. The Morgan fingerprint density at radius 1 is 1.00 bits per heavy atom. The number of unbranched alkanes of at least 4 members (excludes halogenated alkanes) is 1. The number of carboxylic acid groups (broad SMARTS) is 1. The number of carbonyl (C=O) groups excluding carboxylic acids is 1. The van der Waals surface area contributed by atoms with Crippen LogP contribution in [0.25, 0.3) is 0 Å². The molecule has 9 nitrogen and oxygen atoms in total. The van der Waals surface area contributed by atoms with E-state index in [9.17, 15) is 23.1 Å². The monoisotopic (exact) mass is 606 g/mol. The van der Waals surface area contributed by atoms with Crippen molar-refractivity contribution in [3.05, 3.63) is 75.8 Å². The van der Waals surface area contributed by atoms with E-state index in [1.807, 2.05) is 6.92 Å². The van der Waals surface area contributed by atoms with E-state index in [0.717, 1.165) is 12.8 Å². The number of methoxy groups -OCH3 is 1. The first kappa shape index (κ1) is 29.5. The van der Waals surface area contributed by atoms with E-state index in [1.165, 1.54) is 43.5 Å². The standard InChI is InChI=1S/C28H28Cl2N2O7S/c1-3-4-13-31-26(33)17-5-8-22(21(14-17)32-40(36,37)25-10-7-19(29)16-20(25)30)39-23-9-6-18(15-24(23)38-2)28(11-12-28)27(34)35/h5-10,14-16,32H,3-4,11-13H2,1-2H3,(H,31,33)(H,34,35). The Hall–Kier alpha value is -3.47. The molecule has 1 aliphatic rings. The minimum Gasteiger partial charge on any atom is -0.493 e. The smallest absolute Gasteiger partial charge is 0.314 e. The van der Waals surface area contributed by atoms with Gasteiger partial charge in [-0.25, -0.2) is 8.42 Å². The van der Waals surface area contributed by atoms with Crippen LogP contribution in [-0.4, -0.2) is 39.1 Å². The largest absolute Gasteiger partial charge is 0.493 e. The highest BCUT2D eigenvalue weighted by Gasteiger charge is 2.52. The minimum absolute atomic E-state index is 0.0236. The van der Waals surface area contributed by atoms with E-state index >= 15 is 0 Å². The lowest BCUT2D eigenvalue weighted by molar-refractivity contribution is -0.140. The molecule has 12 heteroatoms. The summed E-state index contributed by atoms with van der Waals surface area (Å²) in [4.78, 5) is 24.3. The van der Waals surface area contributed by atoms with E-state index < -0.39 is 21.4 Å². The van der Waals surface area contributed by atoms with Gasteiger partial charge in [-0.2, -0.15) is 0 Å². The Kier molecular flexibility index (Phi) is 8.82. The van der Waals surface area contributed by atoms with E-state index in [4.69, 9.17) is 32.7 Å². The highest BCUT2D eigenvalue weighted by molar-refractivity contribution is 7.92. The normalized spacial score (nSPS) is 13.8. The summed E-state index contributed by atoms with van der Waals surface area (Å²) in [7, 11) is -2.81. The Bertz CT molecular complexity index is 1560. The van der Waals surface area contributed by atoms with Crippen molar-refractivity contribution in [2.24, 2.45) is 0 Å². The molecule has 212 valence electrons. The van der Waals surface area contributed by atoms with Crippen molar-refractivity contribution in [2.45, 2.75) is 42.9 Å². The first-order valence-corrected chi connectivity index (χ1v) is 14.7. The molecular weight excluding hydrogens is 579 g/mol. The SMILES string of the molecule is CCCCNC(=O)c1ccc(Oc2ccc(C3(C(=O)O)CC3)cc2OC)c(NS(=O)(=O)c2ccc(Cl)cc2Cl)c1. The molecule has 1 fully saturated rings. The first-order valence-electron chi connectivity index (χ1n) is 12.5. The third kappa shape index (κ3) is 6.29. The number of amides is 1. The van der Waals surface area contributed by atoms with Crippen LogP contribution >= 0.6 is 23.2 Å². The van der Waals surface area contributed by atoms with Gasteiger partial charge in [-0.05, 0) is 73.4 Å². The molecule has 0 atom stereocenters. The number of benzene rings is 3. The number of carboxylic acids is 1. The number of ether oxygens (including phenoxy) is 2. The molecule has 0 bridgehead atoms. The molecule has 1 aliphatic carbocycles. The number of nitrogens with one attached hydrogen (secondary N) is 2. The molecule has 0 aliphatic heterocycles. The summed E-state index contributed by atoms with van der Waals surface area (Å²) in [5, 5.41) is 12.6. The zero-order valence-corrected chi connectivity index (χ0v) is 24.1. The van der Waals surface area contributed by atoms with Crippen LogP contribution in [0, 0.1) is 0 Å². The number of sulfonamides is 1. The van der Waals surface area contributed by atoms with Crippen molar-refractivity contribution >= 4 is 50.8 Å². The van der Waals surface area contributed by atoms with Crippen molar-refractivity contribution in [1.82, 2.24) is 5.32 Å². The predicted molar refractivity (Wildman–Crippen MR) is 153 cm³/mol. The van der Waals surface area contributed by atoms with Gasteiger partial charge in [0.05, 0.1) is 23.2 Å². The van der Waals surface area contributed by atoms with E-state index in [2.05, 4.69) is 10.0 Å². The van der Waals surface area contributed by atoms with Gasteiger partial charge in [0.25, 0.3) is 15.9 Å². The summed E-state index contributed by atoms with van der Waals surface area (Å²) in [6.07, 6.45) is 2.73. The molecule has 40 heavy (non-hydrogen) atoms. The van der Waals surface area contributed by atoms with Gasteiger partial charge in [-0.3, -0.25) is 14.3 Å². The molecule has 1 amide bonds. The van der Waals surface area contributed by atoms with Gasteiger partial charge in [0, 0.05) is 17.1 Å². The Morgan fingerprint density at radius 2 is 1.73 bits per heavy atom. The fourth-order valence-corrected chi connectivity index (χ4v) is 5.97. The fraction of sp³-hybridized carbons (Fsp3) is 0.286. The summed E-state index contributed by atoms with van der Waals surface area (Å²) in [5.41, 5.74) is -0.175. The molecular formula is C28H28Cl2N2O7S. The predicted octanol–water partition coefficient (Wildman–Crippen LogP) is 6.24. The highest BCUT2D eigenvalue weighted by atomic mass is 35.5. The van der Waals surface area contributed by atoms with Crippen LogP contribution in [0.15, 0.2) is 59.5 Å². The molecule has 3 aromatic carbocycles. The lowest BCUT2D eigenvalue weighted by atomic mass is 9.96. The summed E-state index contributed by atoms with van der Waals surface area (Å²) in [6, 6.07) is 13.1. The second kappa shape index (κ2) is 12.0. The second-order valence-corrected chi connectivity index (χ2v) is 11.9. The maximum Gasteiger partial charge on any atom is 0.314 e. The van der Waals surface area contributed by atoms with Gasteiger partial charge in [-0.15, -0.1) is 0 Å². The molecule has 3 N–H and O–H groups in total. The quantitative estimate of drug-likeness (QED) is 0.208. The summed E-state index contributed by atoms with van der Waals surface area (Å²) < 4.78 is 40.6. The van der Waals surface area contributed by atoms with Crippen LogP contribution < -0.4 is 19.5 Å². The molecule has 0 heterocycles. The lowest BCUT2D eigenvalue weighted by Gasteiger charge is -2.18. The van der Waals surface area contributed by atoms with E-state index in [0.29, 0.717) is 24.9 Å². The van der Waals surface area contributed by atoms with Crippen molar-refractivity contribution < 1.29 is 32.6 Å². The second-order valence-electron chi connectivity index (χ2n) is 9.36. The summed E-state index contributed by atoms with van der Waals surface area (Å²) in [5.74, 6) is -0.730. The topological polar surface area (TPSA) is 131 Å². The third-order valence-corrected chi connectivity index (χ3v) is 8.66. The number of hydrogen-bond donors (Lipinski definition) is 3. The van der Waals surface area contributed by atoms with Crippen molar-refractivity contribution in [3.63, 3.8) is 0 Å². The maximum absolute atomic E-state index is 13.3.